The van der Waals surface area contributed by atoms with Gasteiger partial charge in [-0.2, -0.15) is 0 Å². The zero-order valence-corrected chi connectivity index (χ0v) is 16.7. The number of nitrogens with zero attached hydrogens (tertiary/aromatic N) is 1. The largest absolute Gasteiger partial charge is 0.496 e. The second kappa shape index (κ2) is 10.9. The average Bonchev–Trinajstić information content (AvgIpc) is 2.78. The highest BCUT2D eigenvalue weighted by Gasteiger charge is 2.08. The molecule has 0 saturated heterocycles. The van der Waals surface area contributed by atoms with Crippen molar-refractivity contribution in [1.29, 1.82) is 0 Å². The van der Waals surface area contributed by atoms with Crippen molar-refractivity contribution in [1.82, 2.24) is 10.3 Å². The van der Waals surface area contributed by atoms with Crippen LogP contribution in [-0.4, -0.2) is 31.1 Å². The summed E-state index contributed by atoms with van der Waals surface area (Å²) in [5.41, 5.74) is 3.74. The minimum atomic E-state index is -0.171. The fraction of sp³-hybridized carbons (Fsp3) is 0.250. The van der Waals surface area contributed by atoms with Gasteiger partial charge in [0.15, 0.2) is 0 Å². The van der Waals surface area contributed by atoms with Crippen LogP contribution in [0.2, 0.25) is 0 Å². The molecule has 0 aliphatic carbocycles. The second-order valence-electron chi connectivity index (χ2n) is 6.77. The standard InChI is InChI=1S/C24H27N3O2/c1-29-23-12-6-5-11-20(23)15-17-26-24(28)22-14-13-21(18-27-22)25-16-7-10-19-8-3-2-4-9-19/h2-6,8-9,11-14,18,25H,7,10,15-17H2,1H3,(H,26,28). The van der Waals surface area contributed by atoms with E-state index in [1.54, 1.807) is 19.4 Å². The van der Waals surface area contributed by atoms with Gasteiger partial charge in [-0.05, 0) is 48.6 Å². The highest BCUT2D eigenvalue weighted by atomic mass is 16.5. The maximum Gasteiger partial charge on any atom is 0.269 e. The number of nitrogens with one attached hydrogen (secondary N) is 2. The first kappa shape index (κ1) is 20.4. The molecule has 1 aromatic heterocycles. The van der Waals surface area contributed by atoms with E-state index in [9.17, 15) is 4.79 Å². The Hall–Kier alpha value is -3.34. The molecule has 0 spiro atoms. The number of pyridine rings is 1. The fourth-order valence-electron chi connectivity index (χ4n) is 3.11. The van der Waals surface area contributed by atoms with Crippen LogP contribution in [0.15, 0.2) is 72.9 Å². The molecule has 5 heteroatoms. The predicted octanol–water partition coefficient (Wildman–Crippen LogP) is 4.11. The van der Waals surface area contributed by atoms with Gasteiger partial charge in [-0.15, -0.1) is 0 Å². The van der Waals surface area contributed by atoms with Gasteiger partial charge in [0.05, 0.1) is 19.0 Å². The number of benzene rings is 2. The van der Waals surface area contributed by atoms with Crippen LogP contribution in [0, 0.1) is 0 Å². The summed E-state index contributed by atoms with van der Waals surface area (Å²) in [6.07, 6.45) is 4.48. The van der Waals surface area contributed by atoms with Crippen LogP contribution in [0.25, 0.3) is 0 Å². The molecule has 1 amide bonds. The molecule has 0 bridgehead atoms. The lowest BCUT2D eigenvalue weighted by Gasteiger charge is -2.09. The molecule has 2 aromatic carbocycles. The first-order chi connectivity index (χ1) is 14.3. The van der Waals surface area contributed by atoms with Gasteiger partial charge >= 0.3 is 0 Å². The molecule has 3 aromatic rings. The van der Waals surface area contributed by atoms with E-state index < -0.39 is 0 Å². The van der Waals surface area contributed by atoms with E-state index in [1.807, 2.05) is 36.4 Å². The monoisotopic (exact) mass is 389 g/mol. The number of para-hydroxylation sites is 1. The molecule has 0 saturated carbocycles. The summed E-state index contributed by atoms with van der Waals surface area (Å²) in [7, 11) is 1.65. The molecule has 0 unspecified atom stereocenters. The smallest absolute Gasteiger partial charge is 0.269 e. The number of rotatable bonds is 10. The average molecular weight is 389 g/mol. The van der Waals surface area contributed by atoms with Crippen molar-refractivity contribution in [3.8, 4) is 5.75 Å². The Bertz CT molecular complexity index is 896. The molecule has 3 rings (SSSR count). The number of carbonyl (C=O) groups excluding carboxylic acids is 1. The lowest BCUT2D eigenvalue weighted by atomic mass is 10.1. The molecular formula is C24H27N3O2. The molecule has 0 aliphatic rings. The third-order valence-corrected chi connectivity index (χ3v) is 4.68. The van der Waals surface area contributed by atoms with Crippen molar-refractivity contribution in [2.24, 2.45) is 0 Å². The quantitative estimate of drug-likeness (QED) is 0.512. The number of aryl methyl sites for hydroxylation is 1. The normalized spacial score (nSPS) is 10.4. The molecule has 2 N–H and O–H groups in total. The summed E-state index contributed by atoms with van der Waals surface area (Å²) in [6.45, 7) is 1.39. The minimum Gasteiger partial charge on any atom is -0.496 e. The van der Waals surface area contributed by atoms with Gasteiger partial charge in [-0.3, -0.25) is 4.79 Å². The summed E-state index contributed by atoms with van der Waals surface area (Å²) < 4.78 is 5.33. The number of hydrogen-bond acceptors (Lipinski definition) is 4. The zero-order valence-electron chi connectivity index (χ0n) is 16.7. The van der Waals surface area contributed by atoms with Crippen LogP contribution < -0.4 is 15.4 Å². The van der Waals surface area contributed by atoms with E-state index in [4.69, 9.17) is 4.74 Å². The maximum absolute atomic E-state index is 12.3. The Morgan fingerprint density at radius 2 is 1.72 bits per heavy atom. The van der Waals surface area contributed by atoms with Gasteiger partial charge < -0.3 is 15.4 Å². The molecule has 5 nitrogen and oxygen atoms in total. The van der Waals surface area contributed by atoms with Crippen molar-refractivity contribution < 1.29 is 9.53 Å². The molecule has 0 atom stereocenters. The summed E-state index contributed by atoms with van der Waals surface area (Å²) in [4.78, 5) is 16.6. The van der Waals surface area contributed by atoms with E-state index in [-0.39, 0.29) is 5.91 Å². The van der Waals surface area contributed by atoms with Gasteiger partial charge in [0.25, 0.3) is 5.91 Å². The second-order valence-corrected chi connectivity index (χ2v) is 6.77. The van der Waals surface area contributed by atoms with E-state index in [0.717, 1.165) is 36.4 Å². The Balaban J connectivity index is 1.40. The number of hydrogen-bond donors (Lipinski definition) is 2. The summed E-state index contributed by atoms with van der Waals surface area (Å²) in [5, 5.41) is 6.26. The van der Waals surface area contributed by atoms with Crippen molar-refractivity contribution in [2.75, 3.05) is 25.5 Å². The number of anilines is 1. The number of carbonyl (C=O) groups is 1. The third kappa shape index (κ3) is 6.35. The molecule has 29 heavy (non-hydrogen) atoms. The number of amides is 1. The van der Waals surface area contributed by atoms with Crippen LogP contribution in [-0.2, 0) is 12.8 Å². The van der Waals surface area contributed by atoms with Crippen LogP contribution in [0.5, 0.6) is 5.75 Å². The van der Waals surface area contributed by atoms with E-state index in [1.165, 1.54) is 5.56 Å². The molecule has 0 fully saturated rings. The van der Waals surface area contributed by atoms with Crippen LogP contribution in [0.4, 0.5) is 5.69 Å². The maximum atomic E-state index is 12.3. The van der Waals surface area contributed by atoms with Crippen molar-refractivity contribution in [3.63, 3.8) is 0 Å². The molecular weight excluding hydrogens is 362 g/mol. The Morgan fingerprint density at radius 1 is 0.931 bits per heavy atom. The van der Waals surface area contributed by atoms with E-state index in [0.29, 0.717) is 18.7 Å². The van der Waals surface area contributed by atoms with E-state index in [2.05, 4.69) is 39.9 Å². The number of aromatic nitrogens is 1. The van der Waals surface area contributed by atoms with Crippen molar-refractivity contribution in [2.45, 2.75) is 19.3 Å². The Morgan fingerprint density at radius 3 is 2.48 bits per heavy atom. The van der Waals surface area contributed by atoms with Gasteiger partial charge in [0, 0.05) is 13.1 Å². The first-order valence-electron chi connectivity index (χ1n) is 9.90. The zero-order chi connectivity index (χ0) is 20.3. The topological polar surface area (TPSA) is 63.2 Å². The minimum absolute atomic E-state index is 0.171. The van der Waals surface area contributed by atoms with Crippen molar-refractivity contribution >= 4 is 11.6 Å². The van der Waals surface area contributed by atoms with Crippen LogP contribution in [0.3, 0.4) is 0 Å². The Labute approximate surface area is 172 Å². The summed E-state index contributed by atoms with van der Waals surface area (Å²) in [5.74, 6) is 0.665. The Kier molecular flexibility index (Phi) is 7.63. The molecule has 0 aliphatic heterocycles. The summed E-state index contributed by atoms with van der Waals surface area (Å²) in [6, 6.07) is 21.9. The van der Waals surface area contributed by atoms with Gasteiger partial charge in [0.2, 0.25) is 0 Å². The van der Waals surface area contributed by atoms with Crippen molar-refractivity contribution in [3.05, 3.63) is 89.7 Å². The lowest BCUT2D eigenvalue weighted by Crippen LogP contribution is -2.26. The third-order valence-electron chi connectivity index (χ3n) is 4.68. The SMILES string of the molecule is COc1ccccc1CCNC(=O)c1ccc(NCCCc2ccccc2)cn1. The van der Waals surface area contributed by atoms with Crippen LogP contribution in [0.1, 0.15) is 28.0 Å². The number of methoxy groups -OCH3 is 1. The number of ether oxygens (including phenoxy) is 1. The van der Waals surface area contributed by atoms with Gasteiger partial charge in [-0.1, -0.05) is 48.5 Å². The summed E-state index contributed by atoms with van der Waals surface area (Å²) >= 11 is 0. The highest BCUT2D eigenvalue weighted by Crippen LogP contribution is 2.17. The van der Waals surface area contributed by atoms with Gasteiger partial charge in [-0.25, -0.2) is 4.98 Å². The van der Waals surface area contributed by atoms with Gasteiger partial charge in [0.1, 0.15) is 11.4 Å². The van der Waals surface area contributed by atoms with E-state index >= 15 is 0 Å². The molecule has 0 radical (unpaired) electrons. The molecule has 1 heterocycles. The lowest BCUT2D eigenvalue weighted by molar-refractivity contribution is 0.0949. The fourth-order valence-corrected chi connectivity index (χ4v) is 3.11. The van der Waals surface area contributed by atoms with Crippen LogP contribution >= 0.6 is 0 Å². The molecule has 150 valence electrons. The first-order valence-corrected chi connectivity index (χ1v) is 9.90. The predicted molar refractivity (Wildman–Crippen MR) is 117 cm³/mol. The highest BCUT2D eigenvalue weighted by molar-refractivity contribution is 5.92.